The summed E-state index contributed by atoms with van der Waals surface area (Å²) in [5.74, 6) is 0.513. The summed E-state index contributed by atoms with van der Waals surface area (Å²) in [7, 11) is 0. The van der Waals surface area contributed by atoms with Gasteiger partial charge in [0.15, 0.2) is 5.13 Å². The molecule has 3 nitrogen and oxygen atoms in total. The van der Waals surface area contributed by atoms with Crippen LogP contribution in [0.2, 0.25) is 0 Å². The van der Waals surface area contributed by atoms with Gasteiger partial charge in [0.05, 0.1) is 11.0 Å². The van der Waals surface area contributed by atoms with Crippen LogP contribution in [0.3, 0.4) is 0 Å². The van der Waals surface area contributed by atoms with E-state index in [9.17, 15) is 4.79 Å². The summed E-state index contributed by atoms with van der Waals surface area (Å²) in [4.78, 5) is 15.8. The summed E-state index contributed by atoms with van der Waals surface area (Å²) in [6, 6.07) is 8.60. The van der Waals surface area contributed by atoms with Gasteiger partial charge >= 0.3 is 0 Å². The third-order valence-electron chi connectivity index (χ3n) is 3.64. The van der Waals surface area contributed by atoms with Gasteiger partial charge in [-0.25, -0.2) is 4.98 Å². The van der Waals surface area contributed by atoms with Crippen LogP contribution >= 0.6 is 27.3 Å². The fraction of sp³-hybridized carbons (Fsp3) is 0.412. The van der Waals surface area contributed by atoms with Crippen molar-refractivity contribution in [1.82, 2.24) is 4.98 Å². The van der Waals surface area contributed by atoms with Crippen molar-refractivity contribution in [3.8, 4) is 11.3 Å². The number of thiazole rings is 1. The van der Waals surface area contributed by atoms with Gasteiger partial charge in [0, 0.05) is 10.9 Å². The molecule has 1 atom stereocenters. The number of halogens is 1. The predicted octanol–water partition coefficient (Wildman–Crippen LogP) is 5.44. The van der Waals surface area contributed by atoms with E-state index >= 15 is 0 Å². The number of hydrogen-bond donors (Lipinski definition) is 1. The maximum Gasteiger partial charge on any atom is 0.236 e. The van der Waals surface area contributed by atoms with Crippen molar-refractivity contribution < 1.29 is 4.79 Å². The SMILES string of the molecule is CCCCC(C)c1ccc(-c2csc(NC(=O)CBr)n2)cc1. The number of benzene rings is 1. The number of nitrogens with one attached hydrogen (secondary N) is 1. The average molecular weight is 381 g/mol. The lowest BCUT2D eigenvalue weighted by molar-refractivity contribution is -0.113. The van der Waals surface area contributed by atoms with Crippen molar-refractivity contribution in [2.45, 2.75) is 39.0 Å². The number of carbonyl (C=O) groups excluding carboxylic acids is 1. The van der Waals surface area contributed by atoms with Crippen LogP contribution in [-0.4, -0.2) is 16.2 Å². The third-order valence-corrected chi connectivity index (χ3v) is 4.91. The normalized spacial score (nSPS) is 12.1. The van der Waals surface area contributed by atoms with Gasteiger partial charge in [-0.05, 0) is 17.9 Å². The van der Waals surface area contributed by atoms with Gasteiger partial charge in [0.1, 0.15) is 0 Å². The lowest BCUT2D eigenvalue weighted by atomic mass is 9.94. The molecule has 22 heavy (non-hydrogen) atoms. The third kappa shape index (κ3) is 4.65. The van der Waals surface area contributed by atoms with Crippen LogP contribution < -0.4 is 5.32 Å². The number of amides is 1. The molecule has 0 radical (unpaired) electrons. The van der Waals surface area contributed by atoms with E-state index in [0.29, 0.717) is 11.0 Å². The van der Waals surface area contributed by atoms with Crippen LogP contribution in [0.5, 0.6) is 0 Å². The Morgan fingerprint density at radius 3 is 2.73 bits per heavy atom. The Labute approximate surface area is 144 Å². The lowest BCUT2D eigenvalue weighted by Gasteiger charge is -2.11. The molecule has 0 spiro atoms. The van der Waals surface area contributed by atoms with Crippen LogP contribution in [0.15, 0.2) is 29.6 Å². The molecule has 2 aromatic rings. The molecule has 1 heterocycles. The molecule has 5 heteroatoms. The van der Waals surface area contributed by atoms with E-state index in [1.807, 2.05) is 5.38 Å². The number of aromatic nitrogens is 1. The molecule has 2 rings (SSSR count). The van der Waals surface area contributed by atoms with Gasteiger partial charge in [-0.15, -0.1) is 11.3 Å². The summed E-state index contributed by atoms with van der Waals surface area (Å²) >= 11 is 4.57. The highest BCUT2D eigenvalue weighted by Crippen LogP contribution is 2.28. The summed E-state index contributed by atoms with van der Waals surface area (Å²) in [5.41, 5.74) is 3.37. The zero-order valence-electron chi connectivity index (χ0n) is 12.9. The van der Waals surface area contributed by atoms with E-state index in [1.54, 1.807) is 0 Å². The molecule has 0 bridgehead atoms. The molecular weight excluding hydrogens is 360 g/mol. The number of rotatable bonds is 7. The summed E-state index contributed by atoms with van der Waals surface area (Å²) < 4.78 is 0. The monoisotopic (exact) mass is 380 g/mol. The molecule has 1 unspecified atom stereocenters. The van der Waals surface area contributed by atoms with E-state index in [4.69, 9.17) is 0 Å². The molecule has 0 saturated carbocycles. The number of hydrogen-bond acceptors (Lipinski definition) is 3. The van der Waals surface area contributed by atoms with Gasteiger partial charge in [-0.3, -0.25) is 4.79 Å². The zero-order chi connectivity index (χ0) is 15.9. The van der Waals surface area contributed by atoms with Crippen LogP contribution in [0.1, 0.15) is 44.6 Å². The Balaban J connectivity index is 2.05. The Morgan fingerprint density at radius 2 is 2.09 bits per heavy atom. The van der Waals surface area contributed by atoms with E-state index in [0.717, 1.165) is 11.3 Å². The number of carbonyl (C=O) groups is 1. The van der Waals surface area contributed by atoms with Crippen molar-refractivity contribution in [2.75, 3.05) is 10.6 Å². The molecule has 1 aromatic heterocycles. The van der Waals surface area contributed by atoms with Crippen molar-refractivity contribution in [3.63, 3.8) is 0 Å². The Morgan fingerprint density at radius 1 is 1.36 bits per heavy atom. The molecule has 0 fully saturated rings. The first kappa shape index (κ1) is 17.2. The lowest BCUT2D eigenvalue weighted by Crippen LogP contribution is -2.11. The fourth-order valence-corrected chi connectivity index (χ4v) is 3.15. The second-order valence-corrected chi connectivity index (χ2v) is 6.80. The Hall–Kier alpha value is -1.20. The van der Waals surface area contributed by atoms with Gasteiger partial charge in [-0.2, -0.15) is 0 Å². The van der Waals surface area contributed by atoms with Crippen LogP contribution in [0.25, 0.3) is 11.3 Å². The summed E-state index contributed by atoms with van der Waals surface area (Å²) in [5, 5.41) is 5.65. The van der Waals surface area contributed by atoms with Crippen molar-refractivity contribution in [3.05, 3.63) is 35.2 Å². The molecule has 1 amide bonds. The van der Waals surface area contributed by atoms with Crippen molar-refractivity contribution in [2.24, 2.45) is 0 Å². The number of anilines is 1. The molecule has 1 aromatic carbocycles. The maximum atomic E-state index is 11.3. The summed E-state index contributed by atoms with van der Waals surface area (Å²) in [6.07, 6.45) is 3.74. The van der Waals surface area contributed by atoms with Crippen LogP contribution in [0.4, 0.5) is 5.13 Å². The predicted molar refractivity (Wildman–Crippen MR) is 97.9 cm³/mol. The molecule has 0 aliphatic carbocycles. The maximum absolute atomic E-state index is 11.3. The first-order valence-corrected chi connectivity index (χ1v) is 9.55. The standard InChI is InChI=1S/C17H21BrN2OS/c1-3-4-5-12(2)13-6-8-14(9-7-13)15-11-22-17(19-15)20-16(21)10-18/h6-9,11-12H,3-5,10H2,1-2H3,(H,19,20,21). The second kappa shape index (κ2) is 8.44. The Kier molecular flexibility index (Phi) is 6.58. The second-order valence-electron chi connectivity index (χ2n) is 5.38. The van der Waals surface area contributed by atoms with Gasteiger partial charge < -0.3 is 5.32 Å². The number of unbranched alkanes of at least 4 members (excludes halogenated alkanes) is 1. The van der Waals surface area contributed by atoms with E-state index in [2.05, 4.69) is 64.3 Å². The van der Waals surface area contributed by atoms with E-state index < -0.39 is 0 Å². The molecule has 0 aliphatic heterocycles. The Bertz CT molecular complexity index is 609. The smallest absolute Gasteiger partial charge is 0.236 e. The first-order chi connectivity index (χ1) is 10.6. The highest BCUT2D eigenvalue weighted by atomic mass is 79.9. The van der Waals surface area contributed by atoms with Crippen molar-refractivity contribution in [1.29, 1.82) is 0 Å². The van der Waals surface area contributed by atoms with E-state index in [1.165, 1.54) is 36.2 Å². The molecule has 1 N–H and O–H groups in total. The van der Waals surface area contributed by atoms with E-state index in [-0.39, 0.29) is 11.2 Å². The fourth-order valence-electron chi connectivity index (χ4n) is 2.28. The van der Waals surface area contributed by atoms with Gasteiger partial charge in [0.2, 0.25) is 5.91 Å². The van der Waals surface area contributed by atoms with Gasteiger partial charge in [-0.1, -0.05) is 66.9 Å². The molecular formula is C17H21BrN2OS. The van der Waals surface area contributed by atoms with Crippen LogP contribution in [-0.2, 0) is 4.79 Å². The molecule has 118 valence electrons. The zero-order valence-corrected chi connectivity index (χ0v) is 15.3. The molecule has 0 aliphatic rings. The minimum Gasteiger partial charge on any atom is -0.301 e. The number of alkyl halides is 1. The minimum absolute atomic E-state index is 0.0824. The highest BCUT2D eigenvalue weighted by molar-refractivity contribution is 9.09. The largest absolute Gasteiger partial charge is 0.301 e. The van der Waals surface area contributed by atoms with Crippen molar-refractivity contribution >= 4 is 38.3 Å². The molecule has 0 saturated heterocycles. The highest BCUT2D eigenvalue weighted by Gasteiger charge is 2.09. The van der Waals surface area contributed by atoms with Gasteiger partial charge in [0.25, 0.3) is 0 Å². The minimum atomic E-state index is -0.0824. The number of nitrogens with zero attached hydrogens (tertiary/aromatic N) is 1. The topological polar surface area (TPSA) is 42.0 Å². The summed E-state index contributed by atoms with van der Waals surface area (Å²) in [6.45, 7) is 4.51. The first-order valence-electron chi connectivity index (χ1n) is 7.55. The average Bonchev–Trinajstić information content (AvgIpc) is 3.01. The quantitative estimate of drug-likeness (QED) is 0.649. The van der Waals surface area contributed by atoms with Crippen LogP contribution in [0, 0.1) is 0 Å².